The summed E-state index contributed by atoms with van der Waals surface area (Å²) in [5.74, 6) is -1.29. The van der Waals surface area contributed by atoms with Gasteiger partial charge < -0.3 is 30.4 Å². The standard InChI is InChI=1S/C21H35N3O7/c1-21(2,3)30-20(29)23-15-9-4-6-10-16(25)22-14-8-5-7-11-19(28)31-24-17(26)12-13-18(24)27/h12-13,26-27H,4-11,14-15H2,1-3H3,(H,22,25)(H,23,29). The lowest BCUT2D eigenvalue weighted by Crippen LogP contribution is -2.33. The normalized spacial score (nSPS) is 11.1. The molecule has 0 spiro atoms. The first-order valence-corrected chi connectivity index (χ1v) is 10.6. The third-order valence-electron chi connectivity index (χ3n) is 4.12. The molecule has 0 saturated heterocycles. The maximum Gasteiger partial charge on any atom is 0.407 e. The van der Waals surface area contributed by atoms with Crippen LogP contribution in [0.1, 0.15) is 72.1 Å². The topological polar surface area (TPSA) is 139 Å². The molecule has 0 radical (unpaired) electrons. The van der Waals surface area contributed by atoms with E-state index in [-0.39, 0.29) is 24.1 Å². The van der Waals surface area contributed by atoms with Gasteiger partial charge in [0, 0.05) is 38.1 Å². The molecule has 4 N–H and O–H groups in total. The van der Waals surface area contributed by atoms with Crippen LogP contribution in [0, 0.1) is 0 Å². The maximum absolute atomic E-state index is 11.8. The van der Waals surface area contributed by atoms with E-state index in [4.69, 9.17) is 9.57 Å². The van der Waals surface area contributed by atoms with Crippen molar-refractivity contribution in [2.75, 3.05) is 13.1 Å². The number of rotatable bonds is 13. The molecule has 31 heavy (non-hydrogen) atoms. The second kappa shape index (κ2) is 13.4. The highest BCUT2D eigenvalue weighted by atomic mass is 16.7. The van der Waals surface area contributed by atoms with Crippen molar-refractivity contribution in [1.82, 2.24) is 15.4 Å². The van der Waals surface area contributed by atoms with Crippen LogP contribution in [0.3, 0.4) is 0 Å². The third kappa shape index (κ3) is 12.4. The van der Waals surface area contributed by atoms with Gasteiger partial charge in [-0.25, -0.2) is 9.59 Å². The Bertz CT molecular complexity index is 691. The van der Waals surface area contributed by atoms with E-state index in [1.165, 1.54) is 12.1 Å². The van der Waals surface area contributed by atoms with E-state index in [0.29, 0.717) is 30.7 Å². The van der Waals surface area contributed by atoms with Gasteiger partial charge >= 0.3 is 12.1 Å². The summed E-state index contributed by atoms with van der Waals surface area (Å²) in [6.45, 7) is 6.48. The minimum atomic E-state index is -0.563. The van der Waals surface area contributed by atoms with E-state index < -0.39 is 17.7 Å². The lowest BCUT2D eigenvalue weighted by atomic mass is 10.1. The zero-order valence-electron chi connectivity index (χ0n) is 18.6. The van der Waals surface area contributed by atoms with Crippen LogP contribution < -0.4 is 15.5 Å². The van der Waals surface area contributed by atoms with Gasteiger partial charge in [0.1, 0.15) is 5.60 Å². The Hall–Kier alpha value is -2.91. The zero-order chi connectivity index (χ0) is 23.3. The Morgan fingerprint density at radius 1 is 0.871 bits per heavy atom. The lowest BCUT2D eigenvalue weighted by Gasteiger charge is -2.19. The van der Waals surface area contributed by atoms with E-state index in [9.17, 15) is 24.6 Å². The molecular weight excluding hydrogens is 406 g/mol. The van der Waals surface area contributed by atoms with Crippen molar-refractivity contribution in [3.63, 3.8) is 0 Å². The summed E-state index contributed by atoms with van der Waals surface area (Å²) in [7, 11) is 0. The third-order valence-corrected chi connectivity index (χ3v) is 4.12. The fraction of sp³-hybridized carbons (Fsp3) is 0.667. The minimum absolute atomic E-state index is 0.0157. The average molecular weight is 442 g/mol. The number of nitrogens with one attached hydrogen (secondary N) is 2. The zero-order valence-corrected chi connectivity index (χ0v) is 18.6. The lowest BCUT2D eigenvalue weighted by molar-refractivity contribution is -0.145. The number of unbranched alkanes of at least 4 members (excludes halogenated alkanes) is 4. The van der Waals surface area contributed by atoms with Crippen molar-refractivity contribution in [1.29, 1.82) is 0 Å². The number of alkyl carbamates (subject to hydrolysis) is 1. The van der Waals surface area contributed by atoms with Gasteiger partial charge in [-0.1, -0.05) is 12.8 Å². The molecule has 2 amide bonds. The quantitative estimate of drug-likeness (QED) is 0.345. The van der Waals surface area contributed by atoms with Gasteiger partial charge in [-0.15, -0.1) is 4.73 Å². The highest BCUT2D eigenvalue weighted by Gasteiger charge is 2.15. The highest BCUT2D eigenvalue weighted by molar-refractivity contribution is 5.75. The molecule has 1 rings (SSSR count). The second-order valence-corrected chi connectivity index (χ2v) is 8.21. The predicted octanol–water partition coefficient (Wildman–Crippen LogP) is 2.62. The van der Waals surface area contributed by atoms with Crippen molar-refractivity contribution >= 4 is 18.0 Å². The number of ether oxygens (including phenoxy) is 1. The summed E-state index contributed by atoms with van der Waals surface area (Å²) in [6, 6.07) is 2.43. The molecule has 0 aliphatic heterocycles. The van der Waals surface area contributed by atoms with E-state index >= 15 is 0 Å². The smallest absolute Gasteiger partial charge is 0.407 e. The minimum Gasteiger partial charge on any atom is -0.492 e. The van der Waals surface area contributed by atoms with Gasteiger partial charge in [0.2, 0.25) is 17.7 Å². The molecule has 176 valence electrons. The Morgan fingerprint density at radius 3 is 2.00 bits per heavy atom. The first-order valence-electron chi connectivity index (χ1n) is 10.6. The Balaban J connectivity index is 1.96. The van der Waals surface area contributed by atoms with Crippen molar-refractivity contribution in [2.24, 2.45) is 0 Å². The summed E-state index contributed by atoms with van der Waals surface area (Å²) in [5, 5.41) is 24.3. The van der Waals surface area contributed by atoms with Gasteiger partial charge in [0.25, 0.3) is 0 Å². The monoisotopic (exact) mass is 441 g/mol. The first-order chi connectivity index (χ1) is 14.6. The summed E-state index contributed by atoms with van der Waals surface area (Å²) >= 11 is 0. The molecule has 0 unspecified atom stereocenters. The number of hydrogen-bond donors (Lipinski definition) is 4. The van der Waals surface area contributed by atoms with E-state index in [0.717, 1.165) is 32.1 Å². The second-order valence-electron chi connectivity index (χ2n) is 8.21. The molecule has 0 atom stereocenters. The summed E-state index contributed by atoms with van der Waals surface area (Å²) in [5.41, 5.74) is -0.512. The average Bonchev–Trinajstić information content (AvgIpc) is 2.97. The van der Waals surface area contributed by atoms with E-state index in [2.05, 4.69) is 10.6 Å². The van der Waals surface area contributed by atoms with Crippen LogP contribution in [0.5, 0.6) is 11.8 Å². The van der Waals surface area contributed by atoms with Crippen molar-refractivity contribution in [3.05, 3.63) is 12.1 Å². The van der Waals surface area contributed by atoms with Crippen LogP contribution in [-0.2, 0) is 14.3 Å². The first kappa shape index (κ1) is 26.1. The summed E-state index contributed by atoms with van der Waals surface area (Å²) < 4.78 is 5.80. The number of amides is 2. The van der Waals surface area contributed by atoms with Gasteiger partial charge in [-0.05, 0) is 46.5 Å². The van der Waals surface area contributed by atoms with Gasteiger partial charge in [-0.2, -0.15) is 0 Å². The molecule has 0 aliphatic rings. The van der Waals surface area contributed by atoms with E-state index in [1.807, 2.05) is 20.8 Å². The molecular formula is C21H35N3O7. The van der Waals surface area contributed by atoms with E-state index in [1.54, 1.807) is 0 Å². The number of nitrogens with zero attached hydrogens (tertiary/aromatic N) is 1. The Labute approximate surface area is 182 Å². The maximum atomic E-state index is 11.8. The fourth-order valence-corrected chi connectivity index (χ4v) is 2.62. The molecule has 0 saturated carbocycles. The Morgan fingerprint density at radius 2 is 1.42 bits per heavy atom. The fourth-order valence-electron chi connectivity index (χ4n) is 2.62. The van der Waals surface area contributed by atoms with Crippen molar-refractivity contribution in [3.8, 4) is 11.8 Å². The molecule has 10 nitrogen and oxygen atoms in total. The van der Waals surface area contributed by atoms with Crippen LogP contribution >= 0.6 is 0 Å². The number of carbonyl (C=O) groups excluding carboxylic acids is 3. The van der Waals surface area contributed by atoms with Gasteiger partial charge in [0.15, 0.2) is 0 Å². The predicted molar refractivity (Wildman–Crippen MR) is 114 cm³/mol. The molecule has 1 aromatic rings. The number of hydrogen-bond acceptors (Lipinski definition) is 7. The molecule has 0 aromatic carbocycles. The summed E-state index contributed by atoms with van der Waals surface area (Å²) in [4.78, 5) is 39.8. The van der Waals surface area contributed by atoms with Crippen LogP contribution in [0.2, 0.25) is 0 Å². The largest absolute Gasteiger partial charge is 0.492 e. The number of aromatic nitrogens is 1. The Kier molecular flexibility index (Phi) is 11.3. The molecule has 0 aliphatic carbocycles. The van der Waals surface area contributed by atoms with Crippen molar-refractivity contribution < 1.29 is 34.2 Å². The van der Waals surface area contributed by atoms with Crippen molar-refractivity contribution in [2.45, 2.75) is 77.7 Å². The molecule has 10 heteroatoms. The van der Waals surface area contributed by atoms with Crippen LogP contribution in [-0.4, -0.2) is 51.6 Å². The van der Waals surface area contributed by atoms with Gasteiger partial charge in [0.05, 0.1) is 0 Å². The molecule has 0 fully saturated rings. The number of carbonyl (C=O) groups is 3. The molecule has 1 aromatic heterocycles. The number of aromatic hydroxyl groups is 2. The van der Waals surface area contributed by atoms with Crippen LogP contribution in [0.25, 0.3) is 0 Å². The molecule has 0 bridgehead atoms. The molecule has 1 heterocycles. The SMILES string of the molecule is CC(C)(C)OC(=O)NCCCCCC(=O)NCCCCCC(=O)On1c(O)ccc1O. The van der Waals surface area contributed by atoms with Crippen LogP contribution in [0.15, 0.2) is 12.1 Å². The summed E-state index contributed by atoms with van der Waals surface area (Å²) in [6.07, 6.45) is 4.53. The van der Waals surface area contributed by atoms with Crippen LogP contribution in [0.4, 0.5) is 4.79 Å². The highest BCUT2D eigenvalue weighted by Crippen LogP contribution is 2.19. The van der Waals surface area contributed by atoms with Gasteiger partial charge in [-0.3, -0.25) is 4.79 Å².